The summed E-state index contributed by atoms with van der Waals surface area (Å²) in [7, 11) is 0. The second-order valence-corrected chi connectivity index (χ2v) is 4.51. The van der Waals surface area contributed by atoms with E-state index in [1.54, 1.807) is 6.92 Å². The summed E-state index contributed by atoms with van der Waals surface area (Å²) in [4.78, 5) is 11.7. The number of benzene rings is 1. The number of hydrogen-bond acceptors (Lipinski definition) is 2. The minimum absolute atomic E-state index is 0.0753. The number of ketones is 1. The molecule has 1 fully saturated rings. The molecule has 2 unspecified atom stereocenters. The predicted octanol–water partition coefficient (Wildman–Crippen LogP) is 1.92. The fourth-order valence-corrected chi connectivity index (χ4v) is 2.36. The summed E-state index contributed by atoms with van der Waals surface area (Å²) in [6.45, 7) is 5.46. The highest BCUT2D eigenvalue weighted by Gasteiger charge is 2.34. The standard InChI is InChI=1S/C13H14N2OS/c1-8-11(9(2)16)12(15-13(17)14-8)10-6-4-3-5-7-10/h3-7,11-12H,1H2,2H3,(H2,14,15,17). The molecule has 0 saturated carbocycles. The topological polar surface area (TPSA) is 41.1 Å². The number of carbonyl (C=O) groups excluding carboxylic acids is 1. The fourth-order valence-electron chi connectivity index (χ4n) is 2.10. The maximum absolute atomic E-state index is 11.7. The Bertz CT molecular complexity index is 470. The first-order valence-electron chi connectivity index (χ1n) is 5.41. The summed E-state index contributed by atoms with van der Waals surface area (Å²) in [6, 6.07) is 9.67. The van der Waals surface area contributed by atoms with Crippen LogP contribution in [0.1, 0.15) is 18.5 Å². The molecule has 0 bridgehead atoms. The van der Waals surface area contributed by atoms with E-state index in [1.807, 2.05) is 30.3 Å². The highest BCUT2D eigenvalue weighted by atomic mass is 32.1. The van der Waals surface area contributed by atoms with Gasteiger partial charge in [-0.15, -0.1) is 0 Å². The minimum Gasteiger partial charge on any atom is -0.355 e. The molecule has 1 aliphatic rings. The van der Waals surface area contributed by atoms with Gasteiger partial charge in [0.15, 0.2) is 5.11 Å². The molecule has 1 aromatic rings. The Morgan fingerprint density at radius 2 is 2.00 bits per heavy atom. The zero-order valence-electron chi connectivity index (χ0n) is 9.57. The monoisotopic (exact) mass is 246 g/mol. The second-order valence-electron chi connectivity index (χ2n) is 4.10. The summed E-state index contributed by atoms with van der Waals surface area (Å²) < 4.78 is 0. The lowest BCUT2D eigenvalue weighted by Crippen LogP contribution is -2.50. The first-order chi connectivity index (χ1) is 8.09. The summed E-state index contributed by atoms with van der Waals surface area (Å²) in [5.74, 6) is -0.213. The van der Waals surface area contributed by atoms with Crippen LogP contribution in [0.25, 0.3) is 0 Å². The largest absolute Gasteiger partial charge is 0.355 e. The SMILES string of the molecule is C=C1NC(=S)NC(c2ccccc2)C1C(C)=O. The van der Waals surface area contributed by atoms with Gasteiger partial charge < -0.3 is 10.6 Å². The van der Waals surface area contributed by atoms with Crippen molar-refractivity contribution >= 4 is 23.1 Å². The quantitative estimate of drug-likeness (QED) is 0.782. The van der Waals surface area contributed by atoms with Gasteiger partial charge in [0.2, 0.25) is 0 Å². The van der Waals surface area contributed by atoms with Gasteiger partial charge >= 0.3 is 0 Å². The molecule has 0 radical (unpaired) electrons. The van der Waals surface area contributed by atoms with Crippen LogP contribution >= 0.6 is 12.2 Å². The lowest BCUT2D eigenvalue weighted by Gasteiger charge is -2.34. The molecule has 4 heteroatoms. The van der Waals surface area contributed by atoms with Crippen molar-refractivity contribution in [2.75, 3.05) is 0 Å². The van der Waals surface area contributed by atoms with Crippen molar-refractivity contribution < 1.29 is 4.79 Å². The fraction of sp³-hybridized carbons (Fsp3) is 0.231. The smallest absolute Gasteiger partial charge is 0.171 e. The molecular formula is C13H14N2OS. The van der Waals surface area contributed by atoms with E-state index in [0.717, 1.165) is 5.56 Å². The van der Waals surface area contributed by atoms with Gasteiger partial charge in [0.25, 0.3) is 0 Å². The van der Waals surface area contributed by atoms with Gasteiger partial charge in [-0.1, -0.05) is 36.9 Å². The van der Waals surface area contributed by atoms with Crippen LogP contribution < -0.4 is 10.6 Å². The van der Waals surface area contributed by atoms with Crippen molar-refractivity contribution in [3.63, 3.8) is 0 Å². The predicted molar refractivity (Wildman–Crippen MR) is 71.4 cm³/mol. The maximum atomic E-state index is 11.7. The van der Waals surface area contributed by atoms with Crippen molar-refractivity contribution in [2.45, 2.75) is 13.0 Å². The number of rotatable bonds is 2. The molecule has 88 valence electrons. The molecule has 1 aromatic carbocycles. The first-order valence-corrected chi connectivity index (χ1v) is 5.82. The van der Waals surface area contributed by atoms with Gasteiger partial charge in [0, 0.05) is 5.70 Å². The lowest BCUT2D eigenvalue weighted by molar-refractivity contribution is -0.120. The van der Waals surface area contributed by atoms with Crippen molar-refractivity contribution in [1.29, 1.82) is 0 Å². The molecule has 1 heterocycles. The van der Waals surface area contributed by atoms with Gasteiger partial charge in [-0.2, -0.15) is 0 Å². The molecule has 1 saturated heterocycles. The molecule has 17 heavy (non-hydrogen) atoms. The Morgan fingerprint density at radius 1 is 1.35 bits per heavy atom. The van der Waals surface area contributed by atoms with E-state index in [2.05, 4.69) is 17.2 Å². The van der Waals surface area contributed by atoms with E-state index in [0.29, 0.717) is 10.8 Å². The molecule has 3 nitrogen and oxygen atoms in total. The van der Waals surface area contributed by atoms with E-state index in [-0.39, 0.29) is 17.7 Å². The molecule has 2 rings (SSSR count). The molecule has 0 amide bonds. The van der Waals surface area contributed by atoms with Gasteiger partial charge in [0.05, 0.1) is 12.0 Å². The normalized spacial score (nSPS) is 23.8. The van der Waals surface area contributed by atoms with E-state index in [1.165, 1.54) is 0 Å². The number of nitrogens with one attached hydrogen (secondary N) is 2. The van der Waals surface area contributed by atoms with Crippen LogP contribution in [-0.2, 0) is 4.79 Å². The van der Waals surface area contributed by atoms with Gasteiger partial charge in [0.1, 0.15) is 5.78 Å². The third-order valence-electron chi connectivity index (χ3n) is 2.87. The van der Waals surface area contributed by atoms with E-state index in [4.69, 9.17) is 12.2 Å². The Kier molecular flexibility index (Phi) is 3.24. The van der Waals surface area contributed by atoms with Crippen LogP contribution in [0.3, 0.4) is 0 Å². The zero-order chi connectivity index (χ0) is 12.4. The average Bonchev–Trinajstić information content (AvgIpc) is 2.28. The molecule has 2 atom stereocenters. The summed E-state index contributed by atoms with van der Waals surface area (Å²) in [5, 5.41) is 6.56. The molecule has 0 aliphatic carbocycles. The van der Waals surface area contributed by atoms with E-state index in [9.17, 15) is 4.79 Å². The van der Waals surface area contributed by atoms with Crippen LogP contribution in [0.2, 0.25) is 0 Å². The minimum atomic E-state index is -0.288. The third kappa shape index (κ3) is 2.36. The zero-order valence-corrected chi connectivity index (χ0v) is 10.4. The molecule has 0 aromatic heterocycles. The number of thiocarbonyl (C=S) groups is 1. The van der Waals surface area contributed by atoms with E-state index < -0.39 is 0 Å². The molecule has 1 aliphatic heterocycles. The highest BCUT2D eigenvalue weighted by molar-refractivity contribution is 7.80. The van der Waals surface area contributed by atoms with E-state index >= 15 is 0 Å². The Hall–Kier alpha value is -1.68. The summed E-state index contributed by atoms with van der Waals surface area (Å²) in [5.41, 5.74) is 1.70. The number of carbonyl (C=O) groups is 1. The van der Waals surface area contributed by atoms with Crippen LogP contribution in [-0.4, -0.2) is 10.9 Å². The van der Waals surface area contributed by atoms with Crippen LogP contribution in [0.5, 0.6) is 0 Å². The summed E-state index contributed by atoms with van der Waals surface area (Å²) >= 11 is 5.10. The first kappa shape index (κ1) is 11.8. The lowest BCUT2D eigenvalue weighted by atomic mass is 9.86. The Labute approximate surface area is 106 Å². The Balaban J connectivity index is 2.37. The third-order valence-corrected chi connectivity index (χ3v) is 3.09. The maximum Gasteiger partial charge on any atom is 0.171 e. The van der Waals surface area contributed by atoms with Crippen LogP contribution in [0.4, 0.5) is 0 Å². The Morgan fingerprint density at radius 3 is 2.59 bits per heavy atom. The average molecular weight is 246 g/mol. The molecule has 2 N–H and O–H groups in total. The van der Waals surface area contributed by atoms with Crippen molar-refractivity contribution in [1.82, 2.24) is 10.6 Å². The van der Waals surface area contributed by atoms with Crippen molar-refractivity contribution in [2.24, 2.45) is 5.92 Å². The van der Waals surface area contributed by atoms with Crippen molar-refractivity contribution in [3.05, 3.63) is 48.2 Å². The highest BCUT2D eigenvalue weighted by Crippen LogP contribution is 2.29. The van der Waals surface area contributed by atoms with Gasteiger partial charge in [-0.25, -0.2) is 0 Å². The van der Waals surface area contributed by atoms with Crippen molar-refractivity contribution in [3.8, 4) is 0 Å². The van der Waals surface area contributed by atoms with Crippen LogP contribution in [0.15, 0.2) is 42.6 Å². The van der Waals surface area contributed by atoms with Crippen LogP contribution in [0, 0.1) is 5.92 Å². The molecule has 0 spiro atoms. The number of hydrogen-bond donors (Lipinski definition) is 2. The van der Waals surface area contributed by atoms with Gasteiger partial charge in [-0.05, 0) is 24.7 Å². The molecular weight excluding hydrogens is 232 g/mol. The number of Topliss-reactive ketones (excluding diaryl/α,β-unsaturated/α-hetero) is 1. The second kappa shape index (κ2) is 4.67. The summed E-state index contributed by atoms with van der Waals surface area (Å²) in [6.07, 6.45) is 0. The van der Waals surface area contributed by atoms with Gasteiger partial charge in [-0.3, -0.25) is 4.79 Å².